The van der Waals surface area contributed by atoms with Gasteiger partial charge in [0.15, 0.2) is 0 Å². The molecule has 1 amide bonds. The molecule has 116 valence electrons. The van der Waals surface area contributed by atoms with Crippen LogP contribution in [-0.2, 0) is 15.5 Å². The van der Waals surface area contributed by atoms with Crippen LogP contribution in [0.1, 0.15) is 32.9 Å². The quantitative estimate of drug-likeness (QED) is 0.834. The Kier molecular flexibility index (Phi) is 4.61. The fourth-order valence-electron chi connectivity index (χ4n) is 2.15. The molecule has 0 unspecified atom stereocenters. The Balaban J connectivity index is 2.01. The monoisotopic (exact) mass is 311 g/mol. The first kappa shape index (κ1) is 15.9. The van der Waals surface area contributed by atoms with Crippen molar-refractivity contribution in [1.82, 2.24) is 14.9 Å². The average Bonchev–Trinajstić information content (AvgIpc) is 2.86. The van der Waals surface area contributed by atoms with Gasteiger partial charge in [0.25, 0.3) is 0 Å². The molecule has 0 aromatic carbocycles. The minimum absolute atomic E-state index is 0.118. The third kappa shape index (κ3) is 4.00. The number of aryl methyl sites for hydroxylation is 1. The summed E-state index contributed by atoms with van der Waals surface area (Å²) in [6.45, 7) is 8.28. The van der Waals surface area contributed by atoms with Crippen LogP contribution in [0.15, 0.2) is 17.4 Å². The van der Waals surface area contributed by atoms with E-state index in [1.165, 1.54) is 0 Å². The molecule has 2 atom stereocenters. The van der Waals surface area contributed by atoms with E-state index < -0.39 is 16.4 Å². The molecule has 1 aliphatic heterocycles. The number of hydrogen-bond acceptors (Lipinski definition) is 5. The summed E-state index contributed by atoms with van der Waals surface area (Å²) in [5.74, 6) is 0. The van der Waals surface area contributed by atoms with E-state index in [-0.39, 0.29) is 11.3 Å². The van der Waals surface area contributed by atoms with Crippen LogP contribution in [-0.4, -0.2) is 49.1 Å². The van der Waals surface area contributed by atoms with Gasteiger partial charge in [0.1, 0.15) is 10.6 Å². The minimum atomic E-state index is -1.25. The Morgan fingerprint density at radius 1 is 1.38 bits per heavy atom. The van der Waals surface area contributed by atoms with Crippen molar-refractivity contribution < 1.29 is 13.7 Å². The van der Waals surface area contributed by atoms with Crippen LogP contribution in [0.3, 0.4) is 0 Å². The van der Waals surface area contributed by atoms with Crippen molar-refractivity contribution in [2.45, 2.75) is 50.0 Å². The van der Waals surface area contributed by atoms with Gasteiger partial charge >= 0.3 is 6.09 Å². The summed E-state index contributed by atoms with van der Waals surface area (Å²) in [6, 6.07) is 0. The van der Waals surface area contributed by atoms with Crippen molar-refractivity contribution in [1.29, 1.82) is 0 Å². The number of carbonyl (C=O) groups is 1. The molecule has 1 saturated heterocycles. The highest BCUT2D eigenvalue weighted by molar-refractivity contribution is 7.85. The summed E-state index contributed by atoms with van der Waals surface area (Å²) in [5.41, 5.74) is 0.155. The molecule has 1 aliphatic rings. The Morgan fingerprint density at radius 2 is 2.05 bits per heavy atom. The van der Waals surface area contributed by atoms with Gasteiger partial charge in [0.2, 0.25) is 0 Å². The van der Waals surface area contributed by atoms with E-state index in [9.17, 15) is 9.00 Å². The van der Waals surface area contributed by atoms with Crippen LogP contribution in [0.25, 0.3) is 0 Å². The number of hydrogen-bond donors (Lipinski definition) is 0. The number of aromatic nitrogens is 2. The van der Waals surface area contributed by atoms with Crippen LogP contribution in [0, 0.1) is 6.92 Å². The standard InChI is InChI=1S/C14H21N3O3S/c1-10-12(16-7-6-15-10)21(19)11-5-8-17(9-11)13(18)20-14(2,3)4/h6-7,11H,5,8-9H2,1-4H3/t11-,21+/m0/s1. The molecule has 21 heavy (non-hydrogen) atoms. The second kappa shape index (κ2) is 6.09. The van der Waals surface area contributed by atoms with Gasteiger partial charge in [-0.1, -0.05) is 0 Å². The van der Waals surface area contributed by atoms with Crippen LogP contribution >= 0.6 is 0 Å². The van der Waals surface area contributed by atoms with E-state index in [1.807, 2.05) is 20.8 Å². The molecule has 1 aromatic rings. The molecule has 0 radical (unpaired) electrons. The highest BCUT2D eigenvalue weighted by atomic mass is 32.2. The molecule has 1 fully saturated rings. The zero-order valence-corrected chi connectivity index (χ0v) is 13.6. The molecular formula is C14H21N3O3S. The van der Waals surface area contributed by atoms with Gasteiger partial charge in [-0.3, -0.25) is 9.19 Å². The van der Waals surface area contributed by atoms with Gasteiger partial charge < -0.3 is 9.64 Å². The van der Waals surface area contributed by atoms with Crippen molar-refractivity contribution in [2.75, 3.05) is 13.1 Å². The minimum Gasteiger partial charge on any atom is -0.444 e. The van der Waals surface area contributed by atoms with Gasteiger partial charge in [-0.05, 0) is 34.1 Å². The highest BCUT2D eigenvalue weighted by Crippen LogP contribution is 2.22. The second-order valence-electron chi connectivity index (χ2n) is 6.08. The fourth-order valence-corrected chi connectivity index (χ4v) is 3.60. The lowest BCUT2D eigenvalue weighted by molar-refractivity contribution is 0.0295. The summed E-state index contributed by atoms with van der Waals surface area (Å²) < 4.78 is 17.9. The first-order valence-electron chi connectivity index (χ1n) is 6.94. The Morgan fingerprint density at radius 3 is 2.67 bits per heavy atom. The van der Waals surface area contributed by atoms with Crippen molar-refractivity contribution in [2.24, 2.45) is 0 Å². The summed E-state index contributed by atoms with van der Waals surface area (Å²) >= 11 is 0. The molecular weight excluding hydrogens is 290 g/mol. The molecule has 0 aliphatic carbocycles. The zero-order valence-electron chi connectivity index (χ0n) is 12.8. The van der Waals surface area contributed by atoms with Crippen LogP contribution in [0.5, 0.6) is 0 Å². The molecule has 0 N–H and O–H groups in total. The first-order valence-corrected chi connectivity index (χ1v) is 8.15. The lowest BCUT2D eigenvalue weighted by Crippen LogP contribution is -2.36. The normalized spacial score (nSPS) is 20.4. The molecule has 2 heterocycles. The van der Waals surface area contributed by atoms with Gasteiger partial charge in [0.05, 0.1) is 21.7 Å². The van der Waals surface area contributed by atoms with Crippen molar-refractivity contribution in [3.05, 3.63) is 18.1 Å². The van der Waals surface area contributed by atoms with E-state index in [0.717, 1.165) is 0 Å². The number of amides is 1. The Hall–Kier alpha value is -1.50. The smallest absolute Gasteiger partial charge is 0.410 e. The molecule has 7 heteroatoms. The first-order chi connectivity index (χ1) is 9.78. The second-order valence-corrected chi connectivity index (χ2v) is 7.73. The number of nitrogens with zero attached hydrogens (tertiary/aromatic N) is 3. The number of likely N-dealkylation sites (tertiary alicyclic amines) is 1. The van der Waals surface area contributed by atoms with Gasteiger partial charge in [-0.25, -0.2) is 9.78 Å². The van der Waals surface area contributed by atoms with Crippen LogP contribution in [0.4, 0.5) is 4.79 Å². The molecule has 6 nitrogen and oxygen atoms in total. The highest BCUT2D eigenvalue weighted by Gasteiger charge is 2.34. The predicted octanol–water partition coefficient (Wildman–Crippen LogP) is 1.90. The van der Waals surface area contributed by atoms with Crippen LogP contribution < -0.4 is 0 Å². The zero-order chi connectivity index (χ0) is 15.6. The predicted molar refractivity (Wildman–Crippen MR) is 79.4 cm³/mol. The maximum Gasteiger partial charge on any atom is 0.410 e. The molecule has 1 aromatic heterocycles. The Labute approximate surface area is 127 Å². The van der Waals surface area contributed by atoms with Crippen LogP contribution in [0.2, 0.25) is 0 Å². The summed E-state index contributed by atoms with van der Waals surface area (Å²) in [7, 11) is -1.25. The van der Waals surface area contributed by atoms with E-state index in [4.69, 9.17) is 4.74 Å². The number of carbonyl (C=O) groups excluding carboxylic acids is 1. The summed E-state index contributed by atoms with van der Waals surface area (Å²) in [5, 5.41) is 0.390. The van der Waals surface area contributed by atoms with Crippen molar-refractivity contribution in [3.63, 3.8) is 0 Å². The van der Waals surface area contributed by atoms with Crippen molar-refractivity contribution >= 4 is 16.9 Å². The molecule has 0 saturated carbocycles. The van der Waals surface area contributed by atoms with E-state index in [1.54, 1.807) is 24.2 Å². The lowest BCUT2D eigenvalue weighted by Gasteiger charge is -2.24. The average molecular weight is 311 g/mol. The van der Waals surface area contributed by atoms with E-state index >= 15 is 0 Å². The van der Waals surface area contributed by atoms with E-state index in [2.05, 4.69) is 9.97 Å². The van der Waals surface area contributed by atoms with Gasteiger partial charge in [-0.2, -0.15) is 0 Å². The van der Waals surface area contributed by atoms with Gasteiger partial charge in [-0.15, -0.1) is 0 Å². The van der Waals surface area contributed by atoms with Gasteiger partial charge in [0, 0.05) is 25.5 Å². The number of rotatable bonds is 2. The summed E-state index contributed by atoms with van der Waals surface area (Å²) in [4.78, 5) is 21.9. The fraction of sp³-hybridized carbons (Fsp3) is 0.643. The summed E-state index contributed by atoms with van der Waals surface area (Å²) in [6.07, 6.45) is 3.46. The lowest BCUT2D eigenvalue weighted by atomic mass is 10.2. The Bertz CT molecular complexity index is 557. The third-order valence-corrected chi connectivity index (χ3v) is 4.90. The third-order valence-electron chi connectivity index (χ3n) is 3.13. The molecule has 0 bridgehead atoms. The SMILES string of the molecule is Cc1nccnc1[S@](=O)[C@H]1CCN(C(=O)OC(C)(C)C)C1. The topological polar surface area (TPSA) is 72.4 Å². The molecule has 0 spiro atoms. The maximum absolute atomic E-state index is 12.6. The van der Waals surface area contributed by atoms with Crippen molar-refractivity contribution in [3.8, 4) is 0 Å². The van der Waals surface area contributed by atoms with E-state index in [0.29, 0.717) is 30.2 Å². The molecule has 2 rings (SSSR count). The maximum atomic E-state index is 12.6. The largest absolute Gasteiger partial charge is 0.444 e. The number of ether oxygens (including phenoxy) is 1.